The first-order chi connectivity index (χ1) is 5.04. The summed E-state index contributed by atoms with van der Waals surface area (Å²) in [5, 5.41) is 0. The second-order valence-corrected chi connectivity index (χ2v) is 2.83. The van der Waals surface area contributed by atoms with Crippen LogP contribution in [-0.4, -0.2) is 16.9 Å². The molecular weight excluding hydrogens is 223 g/mol. The van der Waals surface area contributed by atoms with E-state index in [1.54, 1.807) is 16.9 Å². The summed E-state index contributed by atoms with van der Waals surface area (Å²) in [5.74, 6) is -6.32. The monoisotopic (exact) mass is 224 g/mol. The van der Waals surface area contributed by atoms with E-state index >= 15 is 0 Å². The van der Waals surface area contributed by atoms with Gasteiger partial charge in [0.15, 0.2) is 0 Å². The number of hydrogen-bond donors (Lipinski definition) is 0. The molecule has 0 spiro atoms. The van der Waals surface area contributed by atoms with Crippen LogP contribution in [0.15, 0.2) is 6.07 Å². The molecule has 0 aromatic heterocycles. The fourth-order valence-electron chi connectivity index (χ4n) is 0.560. The Balaban J connectivity index is 3.46. The second kappa shape index (κ2) is 2.86. The minimum atomic E-state index is -1.78. The zero-order valence-corrected chi connectivity index (χ0v) is 6.91. The predicted octanol–water partition coefficient (Wildman–Crippen LogP) is 1.04. The maximum absolute atomic E-state index is 12.4. The zero-order chi connectivity index (χ0) is 8.59. The Morgan fingerprint density at radius 2 is 1.45 bits per heavy atom. The first-order valence-corrected chi connectivity index (χ1v) is 3.50. The molecule has 0 aliphatic heterocycles. The van der Waals surface area contributed by atoms with Crippen LogP contribution in [0.3, 0.4) is 0 Å². The van der Waals surface area contributed by atoms with Crippen LogP contribution in [0.25, 0.3) is 0 Å². The SMILES string of the molecule is Fc1cc([As])c(F)c(F)c1F. The van der Waals surface area contributed by atoms with E-state index in [1.165, 1.54) is 0 Å². The van der Waals surface area contributed by atoms with Crippen molar-refractivity contribution in [3.8, 4) is 0 Å². The molecule has 0 nitrogen and oxygen atoms in total. The van der Waals surface area contributed by atoms with Crippen LogP contribution in [0.1, 0.15) is 0 Å². The van der Waals surface area contributed by atoms with Crippen molar-refractivity contribution in [1.82, 2.24) is 0 Å². The van der Waals surface area contributed by atoms with Crippen molar-refractivity contribution in [3.63, 3.8) is 0 Å². The van der Waals surface area contributed by atoms with Crippen LogP contribution in [-0.2, 0) is 0 Å². The molecule has 2 radical (unpaired) electrons. The summed E-state index contributed by atoms with van der Waals surface area (Å²) >= 11 is 1.61. The number of benzene rings is 1. The minimum absolute atomic E-state index is 0.311. The molecule has 0 atom stereocenters. The molecule has 5 heteroatoms. The molecule has 11 heavy (non-hydrogen) atoms. The van der Waals surface area contributed by atoms with E-state index in [0.717, 1.165) is 0 Å². The van der Waals surface area contributed by atoms with E-state index < -0.39 is 23.3 Å². The Morgan fingerprint density at radius 3 is 2.00 bits per heavy atom. The molecule has 0 aliphatic carbocycles. The van der Waals surface area contributed by atoms with Crippen LogP contribution < -0.4 is 4.35 Å². The van der Waals surface area contributed by atoms with Crippen molar-refractivity contribution in [2.24, 2.45) is 0 Å². The van der Waals surface area contributed by atoms with Crippen LogP contribution in [0.5, 0.6) is 0 Å². The van der Waals surface area contributed by atoms with E-state index in [0.29, 0.717) is 6.07 Å². The molecule has 0 fully saturated rings. The van der Waals surface area contributed by atoms with Crippen LogP contribution in [0.4, 0.5) is 17.6 Å². The third kappa shape index (κ3) is 1.40. The van der Waals surface area contributed by atoms with Crippen LogP contribution in [0, 0.1) is 23.3 Å². The molecule has 0 N–H and O–H groups in total. The van der Waals surface area contributed by atoms with E-state index in [4.69, 9.17) is 0 Å². The molecule has 0 aliphatic rings. The maximum atomic E-state index is 12.4. The third-order valence-corrected chi connectivity index (χ3v) is 1.77. The number of hydrogen-bond acceptors (Lipinski definition) is 0. The van der Waals surface area contributed by atoms with Gasteiger partial charge in [0.05, 0.1) is 0 Å². The topological polar surface area (TPSA) is 0 Å². The molecule has 0 unspecified atom stereocenters. The van der Waals surface area contributed by atoms with Gasteiger partial charge in [-0.1, -0.05) is 0 Å². The summed E-state index contributed by atoms with van der Waals surface area (Å²) < 4.78 is 48.7. The summed E-state index contributed by atoms with van der Waals surface area (Å²) in [6.07, 6.45) is 0. The first-order valence-electron chi connectivity index (χ1n) is 2.56. The van der Waals surface area contributed by atoms with E-state index in [2.05, 4.69) is 0 Å². The average Bonchev–Trinajstić information content (AvgIpc) is 1.97. The van der Waals surface area contributed by atoms with Gasteiger partial charge < -0.3 is 0 Å². The van der Waals surface area contributed by atoms with Gasteiger partial charge in [-0.3, -0.25) is 0 Å². The normalized spacial score (nSPS) is 10.3. The van der Waals surface area contributed by atoms with Gasteiger partial charge >= 0.3 is 68.1 Å². The molecule has 1 rings (SSSR count). The standard InChI is InChI=1S/C6HAsF4/c7-2-1-3(8)5(10)6(11)4(2)9/h1H. The van der Waals surface area contributed by atoms with Crippen molar-refractivity contribution < 1.29 is 17.6 Å². The fourth-order valence-corrected chi connectivity index (χ4v) is 1.00. The van der Waals surface area contributed by atoms with Gasteiger partial charge in [0.2, 0.25) is 0 Å². The van der Waals surface area contributed by atoms with E-state index in [9.17, 15) is 17.6 Å². The quantitative estimate of drug-likeness (QED) is 0.267. The summed E-state index contributed by atoms with van der Waals surface area (Å²) in [6, 6.07) is 0.577. The molecule has 0 bridgehead atoms. The number of halogens is 4. The molecule has 1 aromatic carbocycles. The van der Waals surface area contributed by atoms with Crippen molar-refractivity contribution >= 4 is 21.2 Å². The van der Waals surface area contributed by atoms with Crippen LogP contribution in [0.2, 0.25) is 0 Å². The molecule has 0 amide bonds. The Hall–Kier alpha value is -0.502. The van der Waals surface area contributed by atoms with Crippen molar-refractivity contribution in [1.29, 1.82) is 0 Å². The first kappa shape index (κ1) is 8.59. The van der Waals surface area contributed by atoms with Crippen molar-refractivity contribution in [3.05, 3.63) is 29.3 Å². The van der Waals surface area contributed by atoms with Gasteiger partial charge in [-0.15, -0.1) is 0 Å². The van der Waals surface area contributed by atoms with Crippen molar-refractivity contribution in [2.75, 3.05) is 0 Å². The zero-order valence-electron chi connectivity index (χ0n) is 5.04. The Labute approximate surface area is 68.7 Å². The molecular formula is C6HAsF4. The Morgan fingerprint density at radius 1 is 0.909 bits per heavy atom. The Kier molecular flexibility index (Phi) is 2.23. The average molecular weight is 224 g/mol. The summed E-state index contributed by atoms with van der Waals surface area (Å²) in [4.78, 5) is 0. The fraction of sp³-hybridized carbons (Fsp3) is 0. The van der Waals surface area contributed by atoms with Gasteiger partial charge in [-0.2, -0.15) is 0 Å². The summed E-state index contributed by atoms with van der Waals surface area (Å²) in [6.45, 7) is 0. The second-order valence-electron chi connectivity index (χ2n) is 1.82. The summed E-state index contributed by atoms with van der Waals surface area (Å²) in [7, 11) is 0. The van der Waals surface area contributed by atoms with Crippen LogP contribution >= 0.6 is 0 Å². The summed E-state index contributed by atoms with van der Waals surface area (Å²) in [5.41, 5.74) is 0. The van der Waals surface area contributed by atoms with Crippen molar-refractivity contribution in [2.45, 2.75) is 0 Å². The molecule has 58 valence electrons. The van der Waals surface area contributed by atoms with Gasteiger partial charge in [0, 0.05) is 0 Å². The van der Waals surface area contributed by atoms with Gasteiger partial charge in [0.25, 0.3) is 0 Å². The third-order valence-electron chi connectivity index (χ3n) is 1.08. The predicted molar refractivity (Wildman–Crippen MR) is 31.7 cm³/mol. The molecule has 0 heterocycles. The van der Waals surface area contributed by atoms with E-state index in [1.807, 2.05) is 0 Å². The van der Waals surface area contributed by atoms with E-state index in [-0.39, 0.29) is 4.35 Å². The van der Waals surface area contributed by atoms with Gasteiger partial charge in [0.1, 0.15) is 0 Å². The van der Waals surface area contributed by atoms with Gasteiger partial charge in [-0.25, -0.2) is 0 Å². The molecule has 1 aromatic rings. The Bertz CT molecular complexity index is 271. The number of rotatable bonds is 0. The van der Waals surface area contributed by atoms with Gasteiger partial charge in [-0.05, 0) is 0 Å². The molecule has 0 saturated carbocycles. The molecule has 0 saturated heterocycles.